The highest BCUT2D eigenvalue weighted by Crippen LogP contribution is 2.16. The zero-order valence-electron chi connectivity index (χ0n) is 40.9. The van der Waals surface area contributed by atoms with E-state index in [0.717, 1.165) is 116 Å². The minimum Gasteiger partial charge on any atom is -0.462 e. The highest BCUT2D eigenvalue weighted by Gasteiger charge is 2.19. The highest BCUT2D eigenvalue weighted by molar-refractivity contribution is 5.71. The number of unbranched alkanes of at least 4 members (excludes halogenated alkanes) is 26. The first-order valence-corrected chi connectivity index (χ1v) is 26.3. The predicted molar refractivity (Wildman–Crippen MR) is 265 cm³/mol. The smallest absolute Gasteiger partial charge is 0.306 e. The van der Waals surface area contributed by atoms with Gasteiger partial charge in [-0.2, -0.15) is 0 Å². The summed E-state index contributed by atoms with van der Waals surface area (Å²) in [4.78, 5) is 37.7. The molecule has 0 heterocycles. The van der Waals surface area contributed by atoms with Crippen molar-refractivity contribution in [1.29, 1.82) is 0 Å². The van der Waals surface area contributed by atoms with Gasteiger partial charge in [-0.3, -0.25) is 14.4 Å². The minimum absolute atomic E-state index is 0.0795. The molecule has 0 aromatic heterocycles. The van der Waals surface area contributed by atoms with Crippen molar-refractivity contribution in [3.05, 3.63) is 60.8 Å². The van der Waals surface area contributed by atoms with Gasteiger partial charge in [0.15, 0.2) is 6.10 Å². The fourth-order valence-corrected chi connectivity index (χ4v) is 7.35. The van der Waals surface area contributed by atoms with Crippen LogP contribution in [0, 0.1) is 0 Å². The zero-order chi connectivity index (χ0) is 45.1. The summed E-state index contributed by atoms with van der Waals surface area (Å²) in [7, 11) is 0. The maximum absolute atomic E-state index is 12.7. The van der Waals surface area contributed by atoms with E-state index >= 15 is 0 Å². The first-order valence-electron chi connectivity index (χ1n) is 26.3. The van der Waals surface area contributed by atoms with E-state index in [2.05, 4.69) is 81.5 Å². The van der Waals surface area contributed by atoms with Gasteiger partial charge < -0.3 is 14.2 Å². The van der Waals surface area contributed by atoms with Crippen LogP contribution in [-0.4, -0.2) is 37.2 Å². The highest BCUT2D eigenvalue weighted by atomic mass is 16.6. The van der Waals surface area contributed by atoms with Crippen LogP contribution in [0.3, 0.4) is 0 Å². The average Bonchev–Trinajstić information content (AvgIpc) is 3.27. The molecule has 0 aromatic carbocycles. The van der Waals surface area contributed by atoms with Crippen LogP contribution in [0.25, 0.3) is 0 Å². The molecule has 0 aromatic rings. The molecule has 0 aliphatic heterocycles. The Hall–Kier alpha value is -2.89. The number of ether oxygens (including phenoxy) is 3. The second kappa shape index (κ2) is 50.8. The lowest BCUT2D eigenvalue weighted by Crippen LogP contribution is -2.30. The molecule has 62 heavy (non-hydrogen) atoms. The van der Waals surface area contributed by atoms with Crippen molar-refractivity contribution in [1.82, 2.24) is 0 Å². The molecular weight excluding hydrogens is 769 g/mol. The molecule has 0 spiro atoms. The van der Waals surface area contributed by atoms with Crippen molar-refractivity contribution in [3.8, 4) is 0 Å². The zero-order valence-corrected chi connectivity index (χ0v) is 40.9. The molecule has 1 atom stereocenters. The van der Waals surface area contributed by atoms with E-state index in [1.165, 1.54) is 103 Å². The van der Waals surface area contributed by atoms with Gasteiger partial charge >= 0.3 is 17.9 Å². The number of esters is 3. The molecule has 0 saturated heterocycles. The Morgan fingerprint density at radius 3 is 0.984 bits per heavy atom. The SMILES string of the molecule is CC/C=C\C/C=C\C/C=C\C/C=C\C/C=C\CCCCCCCC(=O)OCC(COC(=O)CCCCCCC)OC(=O)CCCCCCCCCCCCCCCCCCCC. The first-order chi connectivity index (χ1) is 30.5. The fraction of sp³-hybridized carbons (Fsp3) is 0.768. The van der Waals surface area contributed by atoms with Gasteiger partial charge in [0.25, 0.3) is 0 Å². The largest absolute Gasteiger partial charge is 0.462 e. The Labute approximate surface area is 383 Å². The number of carbonyl (C=O) groups is 3. The van der Waals surface area contributed by atoms with Crippen LogP contribution in [0.4, 0.5) is 0 Å². The number of allylic oxidation sites excluding steroid dienone is 10. The Kier molecular flexibility index (Phi) is 48.4. The molecule has 0 bridgehead atoms. The minimum atomic E-state index is -0.776. The molecule has 0 N–H and O–H groups in total. The quantitative estimate of drug-likeness (QED) is 0.0262. The molecule has 0 rings (SSSR count). The predicted octanol–water partition coefficient (Wildman–Crippen LogP) is 17.3. The molecule has 6 nitrogen and oxygen atoms in total. The van der Waals surface area contributed by atoms with E-state index in [1.807, 2.05) is 0 Å². The molecule has 6 heteroatoms. The molecule has 1 unspecified atom stereocenters. The van der Waals surface area contributed by atoms with Crippen LogP contribution >= 0.6 is 0 Å². The van der Waals surface area contributed by atoms with Crippen molar-refractivity contribution in [2.45, 2.75) is 264 Å². The molecule has 0 saturated carbocycles. The van der Waals surface area contributed by atoms with Crippen molar-refractivity contribution in [2.75, 3.05) is 13.2 Å². The van der Waals surface area contributed by atoms with Gasteiger partial charge in [-0.15, -0.1) is 0 Å². The second-order valence-electron chi connectivity index (χ2n) is 17.4. The van der Waals surface area contributed by atoms with Gasteiger partial charge in [0.2, 0.25) is 0 Å². The van der Waals surface area contributed by atoms with Crippen LogP contribution in [0.15, 0.2) is 60.8 Å². The summed E-state index contributed by atoms with van der Waals surface area (Å²) >= 11 is 0. The Bertz CT molecular complexity index is 1130. The van der Waals surface area contributed by atoms with Gasteiger partial charge in [0.05, 0.1) is 0 Å². The summed E-state index contributed by atoms with van der Waals surface area (Å²) in [5.41, 5.74) is 0. The Morgan fingerprint density at radius 1 is 0.339 bits per heavy atom. The molecule has 0 radical (unpaired) electrons. The third-order valence-electron chi connectivity index (χ3n) is 11.3. The first kappa shape index (κ1) is 59.1. The third kappa shape index (κ3) is 48.1. The average molecular weight is 867 g/mol. The molecule has 0 amide bonds. The van der Waals surface area contributed by atoms with Crippen molar-refractivity contribution in [2.24, 2.45) is 0 Å². The maximum atomic E-state index is 12.7. The van der Waals surface area contributed by atoms with Crippen LogP contribution < -0.4 is 0 Å². The Morgan fingerprint density at radius 2 is 0.629 bits per heavy atom. The molecule has 0 aliphatic rings. The van der Waals surface area contributed by atoms with Crippen LogP contribution in [0.2, 0.25) is 0 Å². The molecule has 0 aliphatic carbocycles. The fourth-order valence-electron chi connectivity index (χ4n) is 7.35. The second-order valence-corrected chi connectivity index (χ2v) is 17.4. The van der Waals surface area contributed by atoms with E-state index in [4.69, 9.17) is 14.2 Å². The Balaban J connectivity index is 4.18. The van der Waals surface area contributed by atoms with Crippen molar-refractivity contribution >= 4 is 17.9 Å². The lowest BCUT2D eigenvalue weighted by atomic mass is 10.0. The van der Waals surface area contributed by atoms with E-state index in [9.17, 15) is 14.4 Å². The maximum Gasteiger partial charge on any atom is 0.306 e. The molecule has 0 fully saturated rings. The topological polar surface area (TPSA) is 78.9 Å². The van der Waals surface area contributed by atoms with Crippen LogP contribution in [-0.2, 0) is 28.6 Å². The summed E-state index contributed by atoms with van der Waals surface area (Å²) in [6.45, 7) is 6.44. The molecular formula is C56H98O6. The lowest BCUT2D eigenvalue weighted by molar-refractivity contribution is -0.167. The number of hydrogen-bond donors (Lipinski definition) is 0. The monoisotopic (exact) mass is 867 g/mol. The van der Waals surface area contributed by atoms with E-state index < -0.39 is 6.10 Å². The van der Waals surface area contributed by atoms with E-state index in [1.54, 1.807) is 0 Å². The summed E-state index contributed by atoms with van der Waals surface area (Å²) in [6.07, 6.45) is 62.4. The van der Waals surface area contributed by atoms with Crippen LogP contribution in [0.1, 0.15) is 258 Å². The van der Waals surface area contributed by atoms with E-state index in [0.29, 0.717) is 19.3 Å². The van der Waals surface area contributed by atoms with Crippen molar-refractivity contribution < 1.29 is 28.6 Å². The summed E-state index contributed by atoms with van der Waals surface area (Å²) < 4.78 is 16.7. The summed E-state index contributed by atoms with van der Waals surface area (Å²) in [6, 6.07) is 0. The van der Waals surface area contributed by atoms with Gasteiger partial charge in [0, 0.05) is 19.3 Å². The summed E-state index contributed by atoms with van der Waals surface area (Å²) in [5.74, 6) is -0.906. The normalized spacial score (nSPS) is 12.5. The lowest BCUT2D eigenvalue weighted by Gasteiger charge is -2.18. The standard InChI is InChI=1S/C56H98O6/c1-4-7-10-13-15-17-19-21-23-25-27-28-29-31-32-34-36-38-40-43-46-49-55(58)61-52-53(51-60-54(57)48-45-42-12-9-6-3)62-56(59)50-47-44-41-39-37-35-33-30-26-24-22-20-18-16-14-11-8-5-2/h7,10,15,17,21,23,27-28,31-32,53H,4-6,8-9,11-14,16,18-20,22,24-26,29-30,33-52H2,1-3H3/b10-7-,17-15-,23-21-,28-27-,32-31-. The van der Waals surface area contributed by atoms with Gasteiger partial charge in [-0.1, -0.05) is 236 Å². The molecule has 358 valence electrons. The van der Waals surface area contributed by atoms with Gasteiger partial charge in [-0.25, -0.2) is 0 Å². The number of rotatable bonds is 47. The van der Waals surface area contributed by atoms with Gasteiger partial charge in [0.1, 0.15) is 13.2 Å². The number of carbonyl (C=O) groups excluding carboxylic acids is 3. The van der Waals surface area contributed by atoms with E-state index in [-0.39, 0.29) is 31.1 Å². The van der Waals surface area contributed by atoms with Crippen molar-refractivity contribution in [3.63, 3.8) is 0 Å². The third-order valence-corrected chi connectivity index (χ3v) is 11.3. The van der Waals surface area contributed by atoms with Crippen LogP contribution in [0.5, 0.6) is 0 Å². The summed E-state index contributed by atoms with van der Waals surface area (Å²) in [5, 5.41) is 0. The van der Waals surface area contributed by atoms with Gasteiger partial charge in [-0.05, 0) is 64.2 Å². The number of hydrogen-bond acceptors (Lipinski definition) is 6.